The van der Waals surface area contributed by atoms with Crippen LogP contribution in [0.1, 0.15) is 30.6 Å². The van der Waals surface area contributed by atoms with Crippen LogP contribution in [0.5, 0.6) is 0 Å². The zero-order chi connectivity index (χ0) is 17.8. The second-order valence-electron chi connectivity index (χ2n) is 6.14. The molecule has 7 nitrogen and oxygen atoms in total. The summed E-state index contributed by atoms with van der Waals surface area (Å²) in [6.45, 7) is 8.47. The van der Waals surface area contributed by atoms with E-state index in [0.29, 0.717) is 44.4 Å². The second-order valence-corrected chi connectivity index (χ2v) is 6.14. The zero-order valence-electron chi connectivity index (χ0n) is 14.9. The fourth-order valence-electron chi connectivity index (χ4n) is 2.92. The van der Waals surface area contributed by atoms with Crippen LogP contribution in [0.25, 0.3) is 11.7 Å². The number of aromatic nitrogens is 1. The number of hydrogen-bond acceptors (Lipinski definition) is 7. The third-order valence-corrected chi connectivity index (χ3v) is 4.25. The molecular weight excluding hydrogens is 324 g/mol. The van der Waals surface area contributed by atoms with Gasteiger partial charge in [-0.3, -0.25) is 9.69 Å². The maximum Gasteiger partial charge on any atom is 0.307 e. The quantitative estimate of drug-likeness (QED) is 0.743. The molecule has 3 heterocycles. The van der Waals surface area contributed by atoms with Crippen molar-refractivity contribution in [3.63, 3.8) is 0 Å². The van der Waals surface area contributed by atoms with Gasteiger partial charge in [0.15, 0.2) is 5.76 Å². The third kappa shape index (κ3) is 4.29. The Hall–Kier alpha value is -2.12. The number of rotatable bonds is 6. The van der Waals surface area contributed by atoms with E-state index in [4.69, 9.17) is 18.3 Å². The average molecular weight is 348 g/mol. The molecule has 0 aromatic carbocycles. The van der Waals surface area contributed by atoms with Crippen LogP contribution in [0, 0.1) is 13.8 Å². The summed E-state index contributed by atoms with van der Waals surface area (Å²) in [6, 6.07) is 3.72. The first-order valence-electron chi connectivity index (χ1n) is 8.57. The van der Waals surface area contributed by atoms with Crippen molar-refractivity contribution in [1.82, 2.24) is 9.88 Å². The Balaban J connectivity index is 1.71. The van der Waals surface area contributed by atoms with Crippen LogP contribution in [0.15, 0.2) is 21.0 Å². The van der Waals surface area contributed by atoms with Crippen LogP contribution in [0.3, 0.4) is 0 Å². The van der Waals surface area contributed by atoms with Crippen LogP contribution < -0.4 is 0 Å². The zero-order valence-corrected chi connectivity index (χ0v) is 14.9. The van der Waals surface area contributed by atoms with Gasteiger partial charge >= 0.3 is 5.97 Å². The molecular formula is C18H24N2O5. The molecule has 3 rings (SSSR count). The molecule has 0 spiro atoms. The summed E-state index contributed by atoms with van der Waals surface area (Å²) in [5.74, 6) is 2.47. The second kappa shape index (κ2) is 7.84. The van der Waals surface area contributed by atoms with Crippen molar-refractivity contribution in [3.05, 3.63) is 29.3 Å². The molecule has 0 amide bonds. The predicted octanol–water partition coefficient (Wildman–Crippen LogP) is 2.71. The molecule has 0 saturated carbocycles. The van der Waals surface area contributed by atoms with Crippen molar-refractivity contribution >= 4 is 5.97 Å². The van der Waals surface area contributed by atoms with Crippen LogP contribution in [0.2, 0.25) is 0 Å². The molecule has 136 valence electrons. The summed E-state index contributed by atoms with van der Waals surface area (Å²) >= 11 is 0. The van der Waals surface area contributed by atoms with Crippen LogP contribution >= 0.6 is 0 Å². The van der Waals surface area contributed by atoms with Crippen LogP contribution in [-0.4, -0.2) is 48.3 Å². The lowest BCUT2D eigenvalue weighted by atomic mass is 10.1. The lowest BCUT2D eigenvalue weighted by molar-refractivity contribution is -0.146. The molecule has 0 bridgehead atoms. The topological polar surface area (TPSA) is 77.9 Å². The summed E-state index contributed by atoms with van der Waals surface area (Å²) in [5.41, 5.74) is 0.847. The van der Waals surface area contributed by atoms with Gasteiger partial charge in [-0.05, 0) is 32.9 Å². The number of furan rings is 1. The van der Waals surface area contributed by atoms with Gasteiger partial charge < -0.3 is 18.3 Å². The van der Waals surface area contributed by atoms with Crippen LogP contribution in [0.4, 0.5) is 0 Å². The van der Waals surface area contributed by atoms with Gasteiger partial charge in [-0.25, -0.2) is 4.98 Å². The Kier molecular flexibility index (Phi) is 5.55. The molecule has 0 radical (unpaired) electrons. The number of oxazole rings is 1. The van der Waals surface area contributed by atoms with E-state index >= 15 is 0 Å². The number of carbonyl (C=O) groups is 1. The molecule has 1 aliphatic heterocycles. The number of ether oxygens (including phenoxy) is 2. The highest BCUT2D eigenvalue weighted by atomic mass is 16.5. The molecule has 1 saturated heterocycles. The minimum absolute atomic E-state index is 0.0155. The smallest absolute Gasteiger partial charge is 0.307 e. The van der Waals surface area contributed by atoms with Crippen molar-refractivity contribution in [2.75, 3.05) is 26.4 Å². The monoisotopic (exact) mass is 348 g/mol. The maximum atomic E-state index is 11.8. The highest BCUT2D eigenvalue weighted by molar-refractivity contribution is 5.70. The summed E-state index contributed by atoms with van der Waals surface area (Å²) < 4.78 is 21.9. The first kappa shape index (κ1) is 17.7. The van der Waals surface area contributed by atoms with Crippen LogP contribution in [-0.2, 0) is 20.8 Å². The van der Waals surface area contributed by atoms with Gasteiger partial charge in [-0.1, -0.05) is 0 Å². The maximum absolute atomic E-state index is 11.8. The van der Waals surface area contributed by atoms with E-state index < -0.39 is 0 Å². The highest BCUT2D eigenvalue weighted by Crippen LogP contribution is 2.25. The molecule has 1 aliphatic rings. The van der Waals surface area contributed by atoms with Gasteiger partial charge in [0.2, 0.25) is 0 Å². The van der Waals surface area contributed by atoms with Gasteiger partial charge in [0, 0.05) is 19.1 Å². The van der Waals surface area contributed by atoms with E-state index in [0.717, 1.165) is 23.8 Å². The molecule has 1 atom stereocenters. The SMILES string of the molecule is CCOC(=O)CC1COCCN1Cc1nc(-c2ccc(C)o2)oc1C. The van der Waals surface area contributed by atoms with E-state index in [1.165, 1.54) is 0 Å². The molecule has 2 aromatic rings. The molecule has 1 fully saturated rings. The molecule has 2 aromatic heterocycles. The van der Waals surface area contributed by atoms with E-state index in [9.17, 15) is 4.79 Å². The normalized spacial score (nSPS) is 18.4. The third-order valence-electron chi connectivity index (χ3n) is 4.25. The van der Waals surface area contributed by atoms with Crippen molar-refractivity contribution < 1.29 is 23.1 Å². The fraction of sp³-hybridized carbons (Fsp3) is 0.556. The van der Waals surface area contributed by atoms with Crippen molar-refractivity contribution in [1.29, 1.82) is 0 Å². The summed E-state index contributed by atoms with van der Waals surface area (Å²) in [7, 11) is 0. The van der Waals surface area contributed by atoms with Gasteiger partial charge in [0.1, 0.15) is 11.5 Å². The minimum Gasteiger partial charge on any atom is -0.466 e. The van der Waals surface area contributed by atoms with Crippen molar-refractivity contribution in [2.45, 2.75) is 39.8 Å². The molecule has 7 heteroatoms. The molecule has 25 heavy (non-hydrogen) atoms. The van der Waals surface area contributed by atoms with Gasteiger partial charge in [-0.2, -0.15) is 0 Å². The largest absolute Gasteiger partial charge is 0.466 e. The average Bonchev–Trinajstić information content (AvgIpc) is 3.16. The van der Waals surface area contributed by atoms with Gasteiger partial charge in [0.05, 0.1) is 31.9 Å². The van der Waals surface area contributed by atoms with E-state index in [1.807, 2.05) is 32.9 Å². The molecule has 1 unspecified atom stereocenters. The Bertz CT molecular complexity index is 721. The number of aryl methyl sites for hydroxylation is 2. The standard InChI is InChI=1S/C18H24N2O5/c1-4-23-17(21)9-14-11-22-8-7-20(14)10-15-13(3)25-18(19-15)16-6-5-12(2)24-16/h5-6,14H,4,7-11H2,1-3H3. The summed E-state index contributed by atoms with van der Waals surface area (Å²) in [5, 5.41) is 0. The first-order valence-corrected chi connectivity index (χ1v) is 8.57. The molecule has 0 aliphatic carbocycles. The predicted molar refractivity (Wildman–Crippen MR) is 89.9 cm³/mol. The first-order chi connectivity index (χ1) is 12.1. The Morgan fingerprint density at radius 3 is 2.92 bits per heavy atom. The van der Waals surface area contributed by atoms with Gasteiger partial charge in [0.25, 0.3) is 5.89 Å². The molecule has 0 N–H and O–H groups in total. The number of morpholine rings is 1. The Labute approximate surface area is 146 Å². The summed E-state index contributed by atoms with van der Waals surface area (Å²) in [4.78, 5) is 18.6. The highest BCUT2D eigenvalue weighted by Gasteiger charge is 2.28. The number of carbonyl (C=O) groups excluding carboxylic acids is 1. The van der Waals surface area contributed by atoms with E-state index in [2.05, 4.69) is 9.88 Å². The number of esters is 1. The van der Waals surface area contributed by atoms with E-state index in [1.54, 1.807) is 0 Å². The lowest BCUT2D eigenvalue weighted by Crippen LogP contribution is -2.46. The number of hydrogen-bond donors (Lipinski definition) is 0. The minimum atomic E-state index is -0.202. The van der Waals surface area contributed by atoms with Crippen molar-refractivity contribution in [2.24, 2.45) is 0 Å². The van der Waals surface area contributed by atoms with Crippen molar-refractivity contribution in [3.8, 4) is 11.7 Å². The Morgan fingerprint density at radius 1 is 1.36 bits per heavy atom. The summed E-state index contributed by atoms with van der Waals surface area (Å²) in [6.07, 6.45) is 0.314. The van der Waals surface area contributed by atoms with E-state index in [-0.39, 0.29) is 12.0 Å². The Morgan fingerprint density at radius 2 is 2.20 bits per heavy atom. The lowest BCUT2D eigenvalue weighted by Gasteiger charge is -2.34. The fourth-order valence-corrected chi connectivity index (χ4v) is 2.92. The number of nitrogens with zero attached hydrogens (tertiary/aromatic N) is 2. The van der Waals surface area contributed by atoms with Gasteiger partial charge in [-0.15, -0.1) is 0 Å².